The molecule has 0 radical (unpaired) electrons. The number of nitrogens with zero attached hydrogens (tertiary/aromatic N) is 1. The van der Waals surface area contributed by atoms with Crippen LogP contribution in [0.1, 0.15) is 26.3 Å². The molecule has 0 aliphatic carbocycles. The predicted molar refractivity (Wildman–Crippen MR) is 102 cm³/mol. The topological polar surface area (TPSA) is 72.9 Å². The third-order valence-corrected chi connectivity index (χ3v) is 3.76. The van der Waals surface area contributed by atoms with Crippen LogP contribution in [0.25, 0.3) is 6.08 Å². The van der Waals surface area contributed by atoms with Crippen molar-refractivity contribution < 1.29 is 23.9 Å². The quantitative estimate of drug-likeness (QED) is 0.427. The lowest BCUT2D eigenvalue weighted by molar-refractivity contribution is -0.130. The van der Waals surface area contributed by atoms with E-state index in [0.29, 0.717) is 16.9 Å². The molecule has 2 aromatic rings. The van der Waals surface area contributed by atoms with Gasteiger partial charge >= 0.3 is 5.97 Å². The summed E-state index contributed by atoms with van der Waals surface area (Å²) in [5.41, 5.74) is 1.74. The normalized spacial score (nSPS) is 10.5. The number of esters is 1. The number of likely N-dealkylation sites (N-methyl/N-ethyl adjacent to an activating group) is 1. The zero-order valence-corrected chi connectivity index (χ0v) is 15.5. The molecule has 0 aliphatic rings. The molecule has 0 spiro atoms. The smallest absolute Gasteiger partial charge is 0.337 e. The molecular formula is C21H21NO5. The molecular weight excluding hydrogens is 346 g/mol. The molecule has 0 saturated carbocycles. The van der Waals surface area contributed by atoms with Crippen LogP contribution in [0.5, 0.6) is 5.75 Å². The van der Waals surface area contributed by atoms with E-state index in [1.54, 1.807) is 68.7 Å². The van der Waals surface area contributed by atoms with Crippen LogP contribution in [0, 0.1) is 0 Å². The summed E-state index contributed by atoms with van der Waals surface area (Å²) in [6.07, 6.45) is 3.13. The van der Waals surface area contributed by atoms with Crippen molar-refractivity contribution in [3.05, 3.63) is 71.3 Å². The van der Waals surface area contributed by atoms with Crippen molar-refractivity contribution in [2.45, 2.75) is 0 Å². The molecule has 6 nitrogen and oxygen atoms in total. The average molecular weight is 367 g/mol. The maximum Gasteiger partial charge on any atom is 0.337 e. The Morgan fingerprint density at radius 2 is 1.52 bits per heavy atom. The zero-order chi connectivity index (χ0) is 19.8. The lowest BCUT2D eigenvalue weighted by Crippen LogP contribution is -2.27. The van der Waals surface area contributed by atoms with Crippen molar-refractivity contribution >= 4 is 23.7 Å². The number of amides is 1. The molecule has 0 atom stereocenters. The SMILES string of the molecule is COC(=O)c1ccc(/C=C/C(=O)c2ccc(OCC(=O)N(C)C)cc2)cc1. The third kappa shape index (κ3) is 5.81. The van der Waals surface area contributed by atoms with Crippen LogP contribution in [-0.2, 0) is 9.53 Å². The fourth-order valence-corrected chi connectivity index (χ4v) is 2.11. The van der Waals surface area contributed by atoms with Gasteiger partial charge in [-0.2, -0.15) is 0 Å². The Morgan fingerprint density at radius 1 is 0.926 bits per heavy atom. The molecule has 0 aromatic heterocycles. The van der Waals surface area contributed by atoms with Gasteiger partial charge in [0.05, 0.1) is 12.7 Å². The van der Waals surface area contributed by atoms with Crippen LogP contribution in [-0.4, -0.2) is 50.4 Å². The maximum atomic E-state index is 12.2. The van der Waals surface area contributed by atoms with Gasteiger partial charge in [-0.3, -0.25) is 9.59 Å². The van der Waals surface area contributed by atoms with E-state index >= 15 is 0 Å². The van der Waals surface area contributed by atoms with Crippen LogP contribution >= 0.6 is 0 Å². The van der Waals surface area contributed by atoms with Gasteiger partial charge in [-0.25, -0.2) is 4.79 Å². The summed E-state index contributed by atoms with van der Waals surface area (Å²) in [7, 11) is 4.64. The minimum atomic E-state index is -0.406. The summed E-state index contributed by atoms with van der Waals surface area (Å²) in [6.45, 7) is -0.0538. The number of ether oxygens (including phenoxy) is 2. The molecule has 2 rings (SSSR count). The highest BCUT2D eigenvalue weighted by Crippen LogP contribution is 2.14. The molecule has 2 aromatic carbocycles. The van der Waals surface area contributed by atoms with Gasteiger partial charge in [0.25, 0.3) is 5.91 Å². The first-order valence-corrected chi connectivity index (χ1v) is 8.24. The van der Waals surface area contributed by atoms with Gasteiger partial charge in [0, 0.05) is 19.7 Å². The zero-order valence-electron chi connectivity index (χ0n) is 15.5. The van der Waals surface area contributed by atoms with E-state index in [-0.39, 0.29) is 18.3 Å². The van der Waals surface area contributed by atoms with Crippen molar-refractivity contribution in [3.63, 3.8) is 0 Å². The number of methoxy groups -OCH3 is 1. The van der Waals surface area contributed by atoms with Crippen molar-refractivity contribution in [3.8, 4) is 5.75 Å². The molecule has 0 unspecified atom stereocenters. The third-order valence-electron chi connectivity index (χ3n) is 3.76. The van der Waals surface area contributed by atoms with Gasteiger partial charge in [0.1, 0.15) is 5.75 Å². The second-order valence-electron chi connectivity index (χ2n) is 5.91. The Bertz CT molecular complexity index is 836. The minimum absolute atomic E-state index is 0.0538. The number of allylic oxidation sites excluding steroid dienone is 1. The number of rotatable bonds is 7. The van der Waals surface area contributed by atoms with Crippen LogP contribution in [0.3, 0.4) is 0 Å². The fraction of sp³-hybridized carbons (Fsp3) is 0.190. The van der Waals surface area contributed by atoms with Crippen molar-refractivity contribution in [2.24, 2.45) is 0 Å². The molecule has 0 bridgehead atoms. The van der Waals surface area contributed by atoms with Crippen LogP contribution in [0.4, 0.5) is 0 Å². The Kier molecular flexibility index (Phi) is 6.88. The molecule has 0 N–H and O–H groups in total. The second-order valence-corrected chi connectivity index (χ2v) is 5.91. The van der Waals surface area contributed by atoms with E-state index in [1.165, 1.54) is 18.1 Å². The fourth-order valence-electron chi connectivity index (χ4n) is 2.11. The van der Waals surface area contributed by atoms with Crippen molar-refractivity contribution in [2.75, 3.05) is 27.8 Å². The van der Waals surface area contributed by atoms with Gasteiger partial charge < -0.3 is 14.4 Å². The lowest BCUT2D eigenvalue weighted by Gasteiger charge is -2.11. The second kappa shape index (κ2) is 9.33. The van der Waals surface area contributed by atoms with E-state index in [0.717, 1.165) is 5.56 Å². The summed E-state index contributed by atoms with van der Waals surface area (Å²) in [5, 5.41) is 0. The lowest BCUT2D eigenvalue weighted by atomic mass is 10.1. The largest absolute Gasteiger partial charge is 0.484 e. The standard InChI is InChI=1S/C21H21NO5/c1-22(2)20(24)14-27-18-11-9-16(10-12-18)19(23)13-6-15-4-7-17(8-5-15)21(25)26-3/h4-13H,14H2,1-3H3/b13-6+. The van der Waals surface area contributed by atoms with Gasteiger partial charge in [-0.1, -0.05) is 18.2 Å². The Balaban J connectivity index is 1.96. The summed E-state index contributed by atoms with van der Waals surface area (Å²) in [5.74, 6) is -0.195. The number of benzene rings is 2. The summed E-state index contributed by atoms with van der Waals surface area (Å²) >= 11 is 0. The average Bonchev–Trinajstić information content (AvgIpc) is 2.70. The number of ketones is 1. The van der Waals surface area contributed by atoms with Gasteiger partial charge in [-0.05, 0) is 48.0 Å². The van der Waals surface area contributed by atoms with Gasteiger partial charge in [0.2, 0.25) is 0 Å². The van der Waals surface area contributed by atoms with Crippen LogP contribution < -0.4 is 4.74 Å². The van der Waals surface area contributed by atoms with E-state index in [4.69, 9.17) is 4.74 Å². The molecule has 0 heterocycles. The number of carbonyl (C=O) groups excluding carboxylic acids is 3. The number of carbonyl (C=O) groups is 3. The maximum absolute atomic E-state index is 12.2. The van der Waals surface area contributed by atoms with Gasteiger partial charge in [0.15, 0.2) is 12.4 Å². The molecule has 0 aliphatic heterocycles. The first-order valence-electron chi connectivity index (χ1n) is 8.24. The Morgan fingerprint density at radius 3 is 2.07 bits per heavy atom. The highest BCUT2D eigenvalue weighted by Gasteiger charge is 2.07. The highest BCUT2D eigenvalue weighted by molar-refractivity contribution is 6.06. The molecule has 0 saturated heterocycles. The number of hydrogen-bond donors (Lipinski definition) is 0. The summed E-state index contributed by atoms with van der Waals surface area (Å²) < 4.78 is 10.0. The molecule has 0 fully saturated rings. The van der Waals surface area contributed by atoms with E-state index in [9.17, 15) is 14.4 Å². The summed E-state index contributed by atoms with van der Waals surface area (Å²) in [4.78, 5) is 36.6. The van der Waals surface area contributed by atoms with Crippen LogP contribution in [0.2, 0.25) is 0 Å². The molecule has 1 amide bonds. The first kappa shape index (κ1) is 19.9. The Hall–Kier alpha value is -3.41. The van der Waals surface area contributed by atoms with E-state index < -0.39 is 5.97 Å². The minimum Gasteiger partial charge on any atom is -0.484 e. The monoisotopic (exact) mass is 367 g/mol. The molecule has 6 heteroatoms. The molecule has 27 heavy (non-hydrogen) atoms. The summed E-state index contributed by atoms with van der Waals surface area (Å²) in [6, 6.07) is 13.3. The first-order chi connectivity index (χ1) is 12.9. The Labute approximate surface area is 158 Å². The number of hydrogen-bond acceptors (Lipinski definition) is 5. The van der Waals surface area contributed by atoms with Crippen molar-refractivity contribution in [1.29, 1.82) is 0 Å². The van der Waals surface area contributed by atoms with E-state index in [1.807, 2.05) is 0 Å². The molecule has 140 valence electrons. The van der Waals surface area contributed by atoms with Crippen LogP contribution in [0.15, 0.2) is 54.6 Å². The predicted octanol–water partition coefficient (Wildman–Crippen LogP) is 2.84. The van der Waals surface area contributed by atoms with Gasteiger partial charge in [-0.15, -0.1) is 0 Å². The van der Waals surface area contributed by atoms with E-state index in [2.05, 4.69) is 4.74 Å². The highest BCUT2D eigenvalue weighted by atomic mass is 16.5. The van der Waals surface area contributed by atoms with Crippen molar-refractivity contribution in [1.82, 2.24) is 4.90 Å².